The van der Waals surface area contributed by atoms with E-state index in [2.05, 4.69) is 0 Å². The van der Waals surface area contributed by atoms with E-state index in [4.69, 9.17) is 6.58 Å². The van der Waals surface area contributed by atoms with Crippen molar-refractivity contribution in [3.63, 3.8) is 0 Å². The van der Waals surface area contributed by atoms with Crippen LogP contribution >= 0.6 is 0 Å². The van der Waals surface area contributed by atoms with E-state index in [1.807, 2.05) is 0 Å². The first-order valence-electron chi connectivity index (χ1n) is 2.00. The molecule has 0 saturated carbocycles. The predicted octanol–water partition coefficient (Wildman–Crippen LogP) is 0.450. The number of hydrogen-bond donors (Lipinski definition) is 0. The molecule has 0 N–H and O–H groups in total. The van der Waals surface area contributed by atoms with Crippen LogP contribution in [0.1, 0.15) is 0 Å². The van der Waals surface area contributed by atoms with Gasteiger partial charge in [0.25, 0.3) is 0 Å². The van der Waals surface area contributed by atoms with Gasteiger partial charge in [0.1, 0.15) is 0 Å². The van der Waals surface area contributed by atoms with E-state index < -0.39 is 0 Å². The second kappa shape index (κ2) is 4.86. The van der Waals surface area contributed by atoms with Crippen LogP contribution in [0.15, 0.2) is 17.7 Å². The number of aldehydes is 1. The van der Waals surface area contributed by atoms with Crippen molar-refractivity contribution in [2.45, 2.75) is 0 Å². The summed E-state index contributed by atoms with van der Waals surface area (Å²) in [6, 6.07) is 0. The molecule has 0 aromatic carbocycles. The molecule has 0 aromatic heterocycles. The Bertz CT molecular complexity index is 125. The fourth-order valence-electron chi connectivity index (χ4n) is 0.217. The number of hydrogen-bond acceptors (Lipinski definition) is 1. The molecule has 0 amide bonds. The quantitative estimate of drug-likeness (QED) is 0.317. The van der Waals surface area contributed by atoms with Crippen LogP contribution in [0.2, 0.25) is 0 Å². The van der Waals surface area contributed by atoms with Crippen molar-refractivity contribution in [3.8, 4) is 0 Å². The summed E-state index contributed by atoms with van der Waals surface area (Å²) in [6.45, 7) is 5.01. The van der Waals surface area contributed by atoms with Gasteiger partial charge < -0.3 is 0 Å². The van der Waals surface area contributed by atoms with Crippen molar-refractivity contribution in [3.05, 3.63) is 24.3 Å². The summed E-state index contributed by atoms with van der Waals surface area (Å²) in [5, 5.41) is 0. The summed E-state index contributed by atoms with van der Waals surface area (Å²) in [4.78, 5) is 9.96. The summed E-state index contributed by atoms with van der Waals surface area (Å²) in [5.41, 5.74) is 0.641. The Balaban J connectivity index is 4.05. The van der Waals surface area contributed by atoms with Gasteiger partial charge in [0.15, 0.2) is 0 Å². The van der Waals surface area contributed by atoms with Gasteiger partial charge in [-0.25, -0.2) is 0 Å². The number of rotatable bonds is 3. The maximum atomic E-state index is 9.96. The van der Waals surface area contributed by atoms with Crippen molar-refractivity contribution >= 4 is 10.7 Å². The first-order chi connectivity index (χ1) is 3.85. The van der Waals surface area contributed by atoms with Crippen LogP contribution in [-0.4, -0.2) is 10.7 Å². The van der Waals surface area contributed by atoms with Crippen LogP contribution in [0.3, 0.4) is 0 Å². The van der Waals surface area contributed by atoms with Gasteiger partial charge >= 0.3 is 59.1 Å². The molecule has 0 aliphatic carbocycles. The number of carbonyl (C=O) groups is 1. The molecule has 2 heteroatoms. The molecule has 0 rings (SSSR count). The molecule has 0 bridgehead atoms. The van der Waals surface area contributed by atoms with E-state index in [0.29, 0.717) is 5.57 Å². The van der Waals surface area contributed by atoms with E-state index in [9.17, 15) is 4.79 Å². The van der Waals surface area contributed by atoms with Gasteiger partial charge in [-0.3, -0.25) is 0 Å². The van der Waals surface area contributed by atoms with E-state index >= 15 is 0 Å². The average Bonchev–Trinajstić information content (AvgIpc) is 1.83. The zero-order valence-electron chi connectivity index (χ0n) is 4.20. The Morgan fingerprint density at radius 2 is 2.25 bits per heavy atom. The number of allylic oxidation sites excluding steroid dienone is 3. The molecular weight excluding hydrogens is 272 g/mol. The molecule has 0 unspecified atom stereocenters. The summed E-state index contributed by atoms with van der Waals surface area (Å²) in [5.74, 6) is 0. The molecule has 8 heavy (non-hydrogen) atoms. The zero-order valence-corrected chi connectivity index (χ0v) is 7.14. The monoisotopic (exact) mass is 277 g/mol. The van der Waals surface area contributed by atoms with Gasteiger partial charge in [-0.15, -0.1) is 0 Å². The fraction of sp³-hybridized carbons (Fsp3) is 0. The standard InChI is InChI=1S/C6H5O.W/c1-3-4-6(2)5-7;/h1-5H;/q-1;/b6-4+;. The first-order valence-corrected chi connectivity index (χ1v) is 3.70. The Morgan fingerprint density at radius 3 is 2.38 bits per heavy atom. The van der Waals surface area contributed by atoms with Crippen LogP contribution in [0, 0.1) is 6.58 Å². The molecule has 0 radical (unpaired) electrons. The fourth-order valence-corrected chi connectivity index (χ4v) is 0.699. The van der Waals surface area contributed by atoms with Gasteiger partial charge in [-0.2, -0.15) is 0 Å². The molecule has 0 atom stereocenters. The molecule has 42 valence electrons. The summed E-state index contributed by atoms with van der Waals surface area (Å²) >= 11 is 1.25. The van der Waals surface area contributed by atoms with E-state index in [1.165, 1.54) is 25.4 Å². The van der Waals surface area contributed by atoms with Gasteiger partial charge in [0, 0.05) is 0 Å². The van der Waals surface area contributed by atoms with Crippen molar-refractivity contribution < 1.29 is 24.1 Å². The molecule has 0 aromatic rings. The van der Waals surface area contributed by atoms with Gasteiger partial charge in [0.05, 0.1) is 0 Å². The molecular formula is C6H5OW-. The second-order valence-electron chi connectivity index (χ2n) is 1.09. The molecule has 0 saturated heterocycles. The van der Waals surface area contributed by atoms with E-state index in [-0.39, 0.29) is 0 Å². The number of carbonyl (C=O) groups excluding carboxylic acids is 1. The minimum atomic E-state index is 0.641. The SMILES string of the molecule is [CH-]=C/C=C(/C=O)[CH]=[W]. The van der Waals surface area contributed by atoms with E-state index in [0.717, 1.165) is 6.29 Å². The van der Waals surface area contributed by atoms with Crippen molar-refractivity contribution in [2.24, 2.45) is 0 Å². The molecule has 0 spiro atoms. The van der Waals surface area contributed by atoms with E-state index in [1.54, 1.807) is 10.5 Å². The first kappa shape index (κ1) is 7.71. The Morgan fingerprint density at radius 1 is 1.62 bits per heavy atom. The van der Waals surface area contributed by atoms with Gasteiger partial charge in [-0.05, 0) is 0 Å². The van der Waals surface area contributed by atoms with Gasteiger partial charge in [0.2, 0.25) is 0 Å². The van der Waals surface area contributed by atoms with Crippen molar-refractivity contribution in [1.82, 2.24) is 0 Å². The third-order valence-corrected chi connectivity index (χ3v) is 1.54. The van der Waals surface area contributed by atoms with Crippen LogP contribution in [0.4, 0.5) is 0 Å². The third kappa shape index (κ3) is 2.81. The molecule has 0 aliphatic rings. The van der Waals surface area contributed by atoms with Crippen molar-refractivity contribution in [1.29, 1.82) is 0 Å². The predicted molar refractivity (Wildman–Crippen MR) is 29.1 cm³/mol. The van der Waals surface area contributed by atoms with Crippen LogP contribution in [0.25, 0.3) is 0 Å². The second-order valence-corrected chi connectivity index (χ2v) is 1.94. The zero-order chi connectivity index (χ0) is 6.41. The molecule has 0 fully saturated rings. The van der Waals surface area contributed by atoms with Crippen LogP contribution < -0.4 is 0 Å². The Hall–Kier alpha value is -0.292. The van der Waals surface area contributed by atoms with Crippen LogP contribution in [0.5, 0.6) is 0 Å². The Kier molecular flexibility index (Phi) is 4.68. The van der Waals surface area contributed by atoms with Crippen LogP contribution in [-0.2, 0) is 24.1 Å². The average molecular weight is 277 g/mol. The third-order valence-electron chi connectivity index (χ3n) is 0.561. The topological polar surface area (TPSA) is 17.1 Å². The maximum absolute atomic E-state index is 9.96. The minimum absolute atomic E-state index is 0.641. The Labute approximate surface area is 59.5 Å². The molecule has 0 aliphatic heterocycles. The normalized spacial score (nSPS) is 10.2. The van der Waals surface area contributed by atoms with Gasteiger partial charge in [-0.1, -0.05) is 0 Å². The summed E-state index contributed by atoms with van der Waals surface area (Å²) in [6.07, 6.45) is 3.69. The molecule has 1 nitrogen and oxygen atoms in total. The van der Waals surface area contributed by atoms with Crippen molar-refractivity contribution in [2.75, 3.05) is 0 Å². The summed E-state index contributed by atoms with van der Waals surface area (Å²) < 4.78 is 1.77. The summed E-state index contributed by atoms with van der Waals surface area (Å²) in [7, 11) is 0. The molecule has 0 heterocycles.